The molecule has 0 fully saturated rings. The first-order chi connectivity index (χ1) is 13.0. The smallest absolute Gasteiger partial charge is 0.247 e. The molecule has 0 bridgehead atoms. The molecule has 1 aliphatic heterocycles. The van der Waals surface area contributed by atoms with Crippen LogP contribution < -0.4 is 15.1 Å². The zero-order valence-electron chi connectivity index (χ0n) is 13.9. The van der Waals surface area contributed by atoms with Crippen LogP contribution in [0.2, 0.25) is 10.0 Å². The van der Waals surface area contributed by atoms with Gasteiger partial charge in [0.15, 0.2) is 11.6 Å². The molecule has 136 valence electrons. The van der Waals surface area contributed by atoms with Gasteiger partial charge in [0.05, 0.1) is 21.8 Å². The fourth-order valence-electron chi connectivity index (χ4n) is 2.50. The van der Waals surface area contributed by atoms with Gasteiger partial charge in [-0.15, -0.1) is 5.10 Å². The Labute approximate surface area is 164 Å². The monoisotopic (exact) mass is 403 g/mol. The van der Waals surface area contributed by atoms with Crippen LogP contribution in [0.5, 0.6) is 5.75 Å². The molecule has 2 aromatic carbocycles. The minimum Gasteiger partial charge on any atom is -0.431 e. The Morgan fingerprint density at radius 2 is 1.78 bits per heavy atom. The number of hydrogen-bond acceptors (Lipinski definition) is 6. The lowest BCUT2D eigenvalue weighted by Crippen LogP contribution is -2.26. The van der Waals surface area contributed by atoms with Crippen molar-refractivity contribution in [2.24, 2.45) is 5.10 Å². The van der Waals surface area contributed by atoms with Crippen molar-refractivity contribution in [3.63, 3.8) is 0 Å². The van der Waals surface area contributed by atoms with E-state index in [0.717, 1.165) is 0 Å². The lowest BCUT2D eigenvalue weighted by Gasteiger charge is -2.24. The molecule has 9 heteroatoms. The predicted octanol–water partition coefficient (Wildman–Crippen LogP) is 4.86. The van der Waals surface area contributed by atoms with E-state index in [2.05, 4.69) is 20.4 Å². The fraction of sp³-hybridized carbons (Fsp3) is 0.0556. The Kier molecular flexibility index (Phi) is 4.55. The second kappa shape index (κ2) is 7.02. The number of nitrogens with one attached hydrogen (secondary N) is 1. The largest absolute Gasteiger partial charge is 0.431 e. The Balaban J connectivity index is 1.63. The summed E-state index contributed by atoms with van der Waals surface area (Å²) in [5.74, 6) is 1.12. The maximum absolute atomic E-state index is 13.0. The molecule has 27 heavy (non-hydrogen) atoms. The fourth-order valence-corrected chi connectivity index (χ4v) is 3.06. The van der Waals surface area contributed by atoms with E-state index in [-0.39, 0.29) is 11.7 Å². The van der Waals surface area contributed by atoms with Crippen LogP contribution in [0.1, 0.15) is 5.56 Å². The third-order valence-corrected chi connectivity index (χ3v) is 4.40. The van der Waals surface area contributed by atoms with E-state index in [1.807, 2.05) is 0 Å². The predicted molar refractivity (Wildman–Crippen MR) is 104 cm³/mol. The Bertz CT molecular complexity index is 1020. The summed E-state index contributed by atoms with van der Waals surface area (Å²) >= 11 is 12.5. The van der Waals surface area contributed by atoms with Crippen LogP contribution in [0.4, 0.5) is 21.8 Å². The van der Waals surface area contributed by atoms with E-state index in [4.69, 9.17) is 27.9 Å². The molecule has 3 aromatic rings. The summed E-state index contributed by atoms with van der Waals surface area (Å²) < 4.78 is 18.8. The van der Waals surface area contributed by atoms with Gasteiger partial charge in [-0.3, -0.25) is 0 Å². The summed E-state index contributed by atoms with van der Waals surface area (Å²) in [6.07, 6.45) is 1.52. The Hall–Kier alpha value is -2.90. The summed E-state index contributed by atoms with van der Waals surface area (Å²) in [7, 11) is 1.72. The molecule has 1 N–H and O–H groups in total. The van der Waals surface area contributed by atoms with Crippen molar-refractivity contribution in [3.05, 3.63) is 70.1 Å². The SMILES string of the molecule is CN1N=C(c2c(Cl)cccc2Cl)Oc2cnc(Nc3ccc(F)cc3)nc21. The van der Waals surface area contributed by atoms with E-state index in [0.29, 0.717) is 38.8 Å². The lowest BCUT2D eigenvalue weighted by atomic mass is 10.2. The zero-order valence-corrected chi connectivity index (χ0v) is 15.5. The molecule has 0 spiro atoms. The first-order valence-electron chi connectivity index (χ1n) is 7.85. The summed E-state index contributed by atoms with van der Waals surface area (Å²) in [4.78, 5) is 8.63. The molecular weight excluding hydrogens is 392 g/mol. The topological polar surface area (TPSA) is 62.6 Å². The molecule has 0 saturated carbocycles. The maximum atomic E-state index is 13.0. The Morgan fingerprint density at radius 3 is 2.48 bits per heavy atom. The second-order valence-electron chi connectivity index (χ2n) is 5.64. The highest BCUT2D eigenvalue weighted by Crippen LogP contribution is 2.34. The van der Waals surface area contributed by atoms with Crippen molar-refractivity contribution in [2.45, 2.75) is 0 Å². The molecule has 4 rings (SSSR count). The van der Waals surface area contributed by atoms with Crippen molar-refractivity contribution < 1.29 is 9.13 Å². The van der Waals surface area contributed by atoms with Crippen molar-refractivity contribution in [2.75, 3.05) is 17.4 Å². The second-order valence-corrected chi connectivity index (χ2v) is 6.46. The van der Waals surface area contributed by atoms with E-state index in [1.54, 1.807) is 42.4 Å². The van der Waals surface area contributed by atoms with Gasteiger partial charge in [-0.25, -0.2) is 14.4 Å². The number of aromatic nitrogens is 2. The van der Waals surface area contributed by atoms with Crippen LogP contribution in [0, 0.1) is 5.82 Å². The maximum Gasteiger partial charge on any atom is 0.247 e. The molecule has 0 radical (unpaired) electrons. The number of hydrazone groups is 1. The molecule has 2 heterocycles. The number of hydrogen-bond donors (Lipinski definition) is 1. The van der Waals surface area contributed by atoms with Gasteiger partial charge in [0.25, 0.3) is 0 Å². The minimum absolute atomic E-state index is 0.253. The van der Waals surface area contributed by atoms with Gasteiger partial charge in [-0.1, -0.05) is 29.3 Å². The number of anilines is 3. The first kappa shape index (κ1) is 17.5. The normalized spacial score (nSPS) is 12.9. The summed E-state index contributed by atoms with van der Waals surface area (Å²) in [5, 5.41) is 9.76. The Morgan fingerprint density at radius 1 is 1.07 bits per heavy atom. The van der Waals surface area contributed by atoms with E-state index in [1.165, 1.54) is 18.3 Å². The number of benzene rings is 2. The average Bonchev–Trinajstić information content (AvgIpc) is 2.64. The third-order valence-electron chi connectivity index (χ3n) is 3.77. The molecule has 0 amide bonds. The average molecular weight is 404 g/mol. The van der Waals surface area contributed by atoms with Crippen molar-refractivity contribution in [1.82, 2.24) is 9.97 Å². The number of fused-ring (bicyclic) bond motifs is 1. The molecule has 0 saturated heterocycles. The molecule has 1 aromatic heterocycles. The van der Waals surface area contributed by atoms with E-state index in [9.17, 15) is 4.39 Å². The van der Waals surface area contributed by atoms with Crippen LogP contribution in [-0.4, -0.2) is 22.9 Å². The molecule has 6 nitrogen and oxygen atoms in total. The zero-order chi connectivity index (χ0) is 19.0. The van der Waals surface area contributed by atoms with Gasteiger partial charge in [0, 0.05) is 12.7 Å². The van der Waals surface area contributed by atoms with Crippen LogP contribution in [0.25, 0.3) is 0 Å². The van der Waals surface area contributed by atoms with E-state index >= 15 is 0 Å². The molecule has 0 aliphatic carbocycles. The molecule has 0 atom stereocenters. The van der Waals surface area contributed by atoms with Gasteiger partial charge in [-0.2, -0.15) is 4.98 Å². The van der Waals surface area contributed by atoms with Gasteiger partial charge in [-0.05, 0) is 36.4 Å². The lowest BCUT2D eigenvalue weighted by molar-refractivity contribution is 0.525. The van der Waals surface area contributed by atoms with Crippen molar-refractivity contribution in [3.8, 4) is 5.75 Å². The third kappa shape index (κ3) is 3.51. The number of ether oxygens (including phenoxy) is 1. The first-order valence-corrected chi connectivity index (χ1v) is 8.61. The van der Waals surface area contributed by atoms with Gasteiger partial charge in [0.1, 0.15) is 5.82 Å². The minimum atomic E-state index is -0.319. The van der Waals surface area contributed by atoms with E-state index < -0.39 is 0 Å². The standard InChI is InChI=1S/C18H12Cl2FN5O/c1-26-16-14(27-17(25-26)15-12(19)3-2-4-13(15)20)9-22-18(24-16)23-11-7-5-10(21)6-8-11/h2-9H,1H3,(H,22,23,24). The summed E-state index contributed by atoms with van der Waals surface area (Å²) in [6.45, 7) is 0. The molecular formula is C18H12Cl2FN5O. The molecule has 1 aliphatic rings. The van der Waals surface area contributed by atoms with Crippen molar-refractivity contribution >= 4 is 46.6 Å². The van der Waals surface area contributed by atoms with Crippen LogP contribution in [-0.2, 0) is 0 Å². The number of halogens is 3. The highest BCUT2D eigenvalue weighted by molar-refractivity contribution is 6.39. The van der Waals surface area contributed by atoms with Gasteiger partial charge < -0.3 is 10.1 Å². The highest BCUT2D eigenvalue weighted by atomic mass is 35.5. The molecule has 0 unspecified atom stereocenters. The highest BCUT2D eigenvalue weighted by Gasteiger charge is 2.25. The summed E-state index contributed by atoms with van der Waals surface area (Å²) in [5.41, 5.74) is 1.15. The number of rotatable bonds is 3. The van der Waals surface area contributed by atoms with Gasteiger partial charge in [0.2, 0.25) is 11.8 Å². The number of nitrogens with zero attached hydrogens (tertiary/aromatic N) is 4. The summed E-state index contributed by atoms with van der Waals surface area (Å²) in [6, 6.07) is 11.0. The quantitative estimate of drug-likeness (QED) is 0.676. The van der Waals surface area contributed by atoms with Gasteiger partial charge >= 0.3 is 0 Å². The van der Waals surface area contributed by atoms with Crippen LogP contribution in [0.15, 0.2) is 53.8 Å². The van der Waals surface area contributed by atoms with Crippen LogP contribution >= 0.6 is 23.2 Å². The van der Waals surface area contributed by atoms with Crippen molar-refractivity contribution in [1.29, 1.82) is 0 Å². The van der Waals surface area contributed by atoms with Crippen LogP contribution in [0.3, 0.4) is 0 Å².